The summed E-state index contributed by atoms with van der Waals surface area (Å²) in [7, 11) is 0. The van der Waals surface area contributed by atoms with E-state index in [1.54, 1.807) is 60.7 Å². The fourth-order valence-electron chi connectivity index (χ4n) is 3.54. The number of carboxylic acids is 1. The van der Waals surface area contributed by atoms with Crippen LogP contribution < -0.4 is 5.32 Å². The maximum absolute atomic E-state index is 14.7. The molecule has 0 aliphatic carbocycles. The molecule has 0 saturated carbocycles. The second-order valence-electron chi connectivity index (χ2n) is 7.56. The first kappa shape index (κ1) is 22.8. The summed E-state index contributed by atoms with van der Waals surface area (Å²) in [6, 6.07) is 19.5. The normalized spacial score (nSPS) is 12.6. The highest BCUT2D eigenvalue weighted by Gasteiger charge is 2.29. The molecule has 2 unspecified atom stereocenters. The molecule has 0 aliphatic heterocycles. The number of halogens is 1. The van der Waals surface area contributed by atoms with E-state index in [-0.39, 0.29) is 23.5 Å². The predicted molar refractivity (Wildman–Crippen MR) is 122 cm³/mol. The van der Waals surface area contributed by atoms with E-state index in [4.69, 9.17) is 0 Å². The van der Waals surface area contributed by atoms with Gasteiger partial charge in [0, 0.05) is 11.8 Å². The number of hydrogen-bond donors (Lipinski definition) is 3. The van der Waals surface area contributed by atoms with E-state index in [9.17, 15) is 24.2 Å². The first-order chi connectivity index (χ1) is 16.4. The zero-order chi connectivity index (χ0) is 24.1. The van der Waals surface area contributed by atoms with Crippen LogP contribution in [0.2, 0.25) is 0 Å². The molecule has 9 heteroatoms. The van der Waals surface area contributed by atoms with Gasteiger partial charge in [0.2, 0.25) is 0 Å². The average Bonchev–Trinajstić information content (AvgIpc) is 3.25. The Morgan fingerprint density at radius 1 is 1.00 bits per heavy atom. The van der Waals surface area contributed by atoms with Crippen LogP contribution in [0.15, 0.2) is 85.2 Å². The van der Waals surface area contributed by atoms with Crippen LogP contribution in [0, 0.1) is 5.82 Å². The summed E-state index contributed by atoms with van der Waals surface area (Å²) in [4.78, 5) is 28.8. The molecular formula is C25H21FN4O4. The topological polar surface area (TPSA) is 117 Å². The van der Waals surface area contributed by atoms with Crippen molar-refractivity contribution < 1.29 is 24.2 Å². The van der Waals surface area contributed by atoms with Gasteiger partial charge in [-0.2, -0.15) is 5.10 Å². The van der Waals surface area contributed by atoms with Crippen molar-refractivity contribution in [3.63, 3.8) is 0 Å². The molecule has 0 radical (unpaired) electrons. The first-order valence-electron chi connectivity index (χ1n) is 10.5. The molecule has 0 spiro atoms. The monoisotopic (exact) mass is 460 g/mol. The lowest BCUT2D eigenvalue weighted by Gasteiger charge is -2.22. The Morgan fingerprint density at radius 2 is 1.68 bits per heavy atom. The molecule has 2 atom stereocenters. The predicted octanol–water partition coefficient (Wildman–Crippen LogP) is 2.86. The minimum Gasteiger partial charge on any atom is -0.479 e. The number of pyridine rings is 1. The molecule has 3 N–H and O–H groups in total. The van der Waals surface area contributed by atoms with Crippen molar-refractivity contribution in [2.75, 3.05) is 0 Å². The maximum Gasteiger partial charge on any atom is 0.334 e. The Morgan fingerprint density at radius 3 is 2.35 bits per heavy atom. The third-order valence-corrected chi connectivity index (χ3v) is 5.21. The Bertz CT molecular complexity index is 1290. The van der Waals surface area contributed by atoms with E-state index in [1.165, 1.54) is 18.3 Å². The molecule has 0 fully saturated rings. The number of aromatic nitrogens is 3. The van der Waals surface area contributed by atoms with Crippen LogP contribution >= 0.6 is 0 Å². The van der Waals surface area contributed by atoms with Crippen LogP contribution in [0.25, 0.3) is 17.1 Å². The number of benzene rings is 2. The number of rotatable bonds is 8. The molecule has 0 bridgehead atoms. The van der Waals surface area contributed by atoms with Gasteiger partial charge < -0.3 is 15.5 Å². The fourth-order valence-corrected chi connectivity index (χ4v) is 3.54. The van der Waals surface area contributed by atoms with Crippen LogP contribution in [0.5, 0.6) is 0 Å². The van der Waals surface area contributed by atoms with Crippen molar-refractivity contribution in [1.82, 2.24) is 20.1 Å². The third-order valence-electron chi connectivity index (χ3n) is 5.21. The van der Waals surface area contributed by atoms with Gasteiger partial charge in [0.15, 0.2) is 17.7 Å². The summed E-state index contributed by atoms with van der Waals surface area (Å²) in [6.07, 6.45) is 0.803. The van der Waals surface area contributed by atoms with Gasteiger partial charge in [-0.05, 0) is 24.1 Å². The zero-order valence-corrected chi connectivity index (χ0v) is 17.9. The van der Waals surface area contributed by atoms with Crippen LogP contribution in [-0.4, -0.2) is 49.0 Å². The third kappa shape index (κ3) is 5.00. The Kier molecular flexibility index (Phi) is 6.74. The van der Waals surface area contributed by atoms with Crippen LogP contribution in [0.1, 0.15) is 15.9 Å². The van der Waals surface area contributed by atoms with Gasteiger partial charge in [-0.1, -0.05) is 60.7 Å². The smallest absolute Gasteiger partial charge is 0.334 e. The SMILES string of the molecule is O=C(NC(Cc1ccccc1)C(O)C(=O)O)c1cccnc1-n1cc(F)c(-c2ccccc2)n1. The first-order valence-corrected chi connectivity index (χ1v) is 10.5. The fraction of sp³-hybridized carbons (Fsp3) is 0.120. The van der Waals surface area contributed by atoms with Gasteiger partial charge in [0.25, 0.3) is 5.91 Å². The zero-order valence-electron chi connectivity index (χ0n) is 17.9. The molecule has 4 aromatic rings. The van der Waals surface area contributed by atoms with E-state index in [0.29, 0.717) is 5.56 Å². The Hall–Kier alpha value is -4.37. The van der Waals surface area contributed by atoms with Crippen LogP contribution in [0.3, 0.4) is 0 Å². The minimum atomic E-state index is -1.84. The molecule has 2 aromatic carbocycles. The standard InChI is InChI=1S/C25H21FN4O4/c26-19-15-30(29-21(19)17-10-5-2-6-11-17)23-18(12-7-13-27-23)24(32)28-20(22(31)25(33)34)14-16-8-3-1-4-9-16/h1-13,15,20,22,31H,14H2,(H,28,32)(H,33,34). The molecule has 4 rings (SSSR count). The highest BCUT2D eigenvalue weighted by atomic mass is 19.1. The lowest BCUT2D eigenvalue weighted by atomic mass is 10.0. The number of aliphatic hydroxyl groups excluding tert-OH is 1. The summed E-state index contributed by atoms with van der Waals surface area (Å²) in [6.45, 7) is 0. The largest absolute Gasteiger partial charge is 0.479 e. The van der Waals surface area contributed by atoms with Crippen molar-refractivity contribution in [3.8, 4) is 17.1 Å². The number of aliphatic carboxylic acids is 1. The van der Waals surface area contributed by atoms with Crippen molar-refractivity contribution in [3.05, 3.63) is 102 Å². The summed E-state index contributed by atoms with van der Waals surface area (Å²) in [5.41, 5.74) is 1.44. The lowest BCUT2D eigenvalue weighted by Crippen LogP contribution is -2.48. The second kappa shape index (κ2) is 10.1. The van der Waals surface area contributed by atoms with Gasteiger partial charge in [-0.3, -0.25) is 4.79 Å². The number of aliphatic hydroxyl groups is 1. The number of carbonyl (C=O) groups excluding carboxylic acids is 1. The summed E-state index contributed by atoms with van der Waals surface area (Å²) < 4.78 is 15.8. The van der Waals surface area contributed by atoms with Crippen LogP contribution in [0.4, 0.5) is 4.39 Å². The van der Waals surface area contributed by atoms with Gasteiger partial charge in [0.1, 0.15) is 5.69 Å². The molecule has 2 heterocycles. The van der Waals surface area contributed by atoms with Crippen LogP contribution in [-0.2, 0) is 11.2 Å². The molecular weight excluding hydrogens is 439 g/mol. The summed E-state index contributed by atoms with van der Waals surface area (Å²) in [5, 5.41) is 26.4. The average molecular weight is 460 g/mol. The minimum absolute atomic E-state index is 0.0419. The van der Waals surface area contributed by atoms with E-state index >= 15 is 0 Å². The highest BCUT2D eigenvalue weighted by Crippen LogP contribution is 2.22. The highest BCUT2D eigenvalue weighted by molar-refractivity contribution is 5.97. The number of nitrogens with one attached hydrogen (secondary N) is 1. The van der Waals surface area contributed by atoms with E-state index < -0.39 is 29.8 Å². The van der Waals surface area contributed by atoms with E-state index in [1.807, 2.05) is 0 Å². The Balaban J connectivity index is 1.64. The molecule has 1 amide bonds. The molecule has 2 aromatic heterocycles. The number of nitrogens with zero attached hydrogens (tertiary/aromatic N) is 3. The van der Waals surface area contributed by atoms with Gasteiger partial charge in [0.05, 0.1) is 17.8 Å². The molecule has 0 saturated heterocycles. The molecule has 8 nitrogen and oxygen atoms in total. The quantitative estimate of drug-likeness (QED) is 0.372. The lowest BCUT2D eigenvalue weighted by molar-refractivity contribution is -0.148. The van der Waals surface area contributed by atoms with E-state index in [2.05, 4.69) is 15.4 Å². The van der Waals surface area contributed by atoms with Crippen molar-refractivity contribution >= 4 is 11.9 Å². The molecule has 34 heavy (non-hydrogen) atoms. The second-order valence-corrected chi connectivity index (χ2v) is 7.56. The van der Waals surface area contributed by atoms with Gasteiger partial charge in [-0.25, -0.2) is 18.9 Å². The summed E-state index contributed by atoms with van der Waals surface area (Å²) in [5.74, 6) is -2.67. The molecule has 0 aliphatic rings. The van der Waals surface area contributed by atoms with Crippen molar-refractivity contribution in [1.29, 1.82) is 0 Å². The van der Waals surface area contributed by atoms with Gasteiger partial charge >= 0.3 is 5.97 Å². The number of carboxylic acid groups (broad SMARTS) is 1. The summed E-state index contributed by atoms with van der Waals surface area (Å²) >= 11 is 0. The Labute approximate surface area is 194 Å². The maximum atomic E-state index is 14.7. The van der Waals surface area contributed by atoms with Gasteiger partial charge in [-0.15, -0.1) is 0 Å². The van der Waals surface area contributed by atoms with E-state index in [0.717, 1.165) is 16.4 Å². The number of amides is 1. The molecule has 172 valence electrons. The number of hydrogen-bond acceptors (Lipinski definition) is 5. The number of carbonyl (C=O) groups is 2. The van der Waals surface area contributed by atoms with Crippen molar-refractivity contribution in [2.45, 2.75) is 18.6 Å². The van der Waals surface area contributed by atoms with Crippen molar-refractivity contribution in [2.24, 2.45) is 0 Å².